The van der Waals surface area contributed by atoms with E-state index in [1.54, 1.807) is 0 Å². The Morgan fingerprint density at radius 3 is 1.71 bits per heavy atom. The van der Waals surface area contributed by atoms with Gasteiger partial charge in [-0.1, -0.05) is 12.1 Å². The standard InChI is InChI=1S/C13H16N4/c1-9-3-5-11(7-15-9)13(17-14)12-6-4-10(2)16-8-12/h3-8,13,17H,14H2,1-2H3. The Balaban J connectivity index is 2.33. The van der Waals surface area contributed by atoms with E-state index in [9.17, 15) is 0 Å². The first-order valence-corrected chi connectivity index (χ1v) is 5.52. The van der Waals surface area contributed by atoms with Crippen molar-refractivity contribution in [3.63, 3.8) is 0 Å². The van der Waals surface area contributed by atoms with Crippen LogP contribution in [0.1, 0.15) is 28.6 Å². The summed E-state index contributed by atoms with van der Waals surface area (Å²) < 4.78 is 0. The lowest BCUT2D eigenvalue weighted by atomic mass is 10.0. The zero-order chi connectivity index (χ0) is 12.3. The summed E-state index contributed by atoms with van der Waals surface area (Å²) in [6, 6.07) is 7.92. The molecule has 2 aromatic heterocycles. The van der Waals surface area contributed by atoms with Gasteiger partial charge >= 0.3 is 0 Å². The number of nitrogens with one attached hydrogen (secondary N) is 1. The fourth-order valence-electron chi connectivity index (χ4n) is 1.68. The molecule has 3 N–H and O–H groups in total. The molecule has 88 valence electrons. The Labute approximate surface area is 101 Å². The number of pyridine rings is 2. The SMILES string of the molecule is Cc1ccc(C(NN)c2ccc(C)nc2)cn1. The summed E-state index contributed by atoms with van der Waals surface area (Å²) in [5.41, 5.74) is 6.84. The van der Waals surface area contributed by atoms with Crippen LogP contribution in [0, 0.1) is 13.8 Å². The highest BCUT2D eigenvalue weighted by Gasteiger charge is 2.12. The van der Waals surface area contributed by atoms with Crippen LogP contribution in [-0.2, 0) is 0 Å². The normalized spacial score (nSPS) is 10.8. The van der Waals surface area contributed by atoms with Crippen molar-refractivity contribution in [2.45, 2.75) is 19.9 Å². The molecule has 0 aliphatic rings. The first kappa shape index (κ1) is 11.7. The number of hydrazine groups is 1. The zero-order valence-corrected chi connectivity index (χ0v) is 10.0. The molecule has 0 amide bonds. The summed E-state index contributed by atoms with van der Waals surface area (Å²) >= 11 is 0. The maximum absolute atomic E-state index is 5.61. The molecule has 0 unspecified atom stereocenters. The van der Waals surface area contributed by atoms with E-state index in [1.807, 2.05) is 50.5 Å². The van der Waals surface area contributed by atoms with Crippen LogP contribution in [0.2, 0.25) is 0 Å². The van der Waals surface area contributed by atoms with Gasteiger partial charge in [0.2, 0.25) is 0 Å². The number of hydrogen-bond acceptors (Lipinski definition) is 4. The fourth-order valence-corrected chi connectivity index (χ4v) is 1.68. The summed E-state index contributed by atoms with van der Waals surface area (Å²) in [5.74, 6) is 5.61. The van der Waals surface area contributed by atoms with E-state index in [0.717, 1.165) is 22.5 Å². The van der Waals surface area contributed by atoms with Gasteiger partial charge in [-0.2, -0.15) is 0 Å². The third kappa shape index (κ3) is 2.67. The molecule has 0 saturated carbocycles. The molecule has 0 saturated heterocycles. The Morgan fingerprint density at radius 1 is 0.941 bits per heavy atom. The molecule has 0 spiro atoms. The van der Waals surface area contributed by atoms with Gasteiger partial charge in [-0.25, -0.2) is 5.43 Å². The summed E-state index contributed by atoms with van der Waals surface area (Å²) in [7, 11) is 0. The van der Waals surface area contributed by atoms with Gasteiger partial charge in [0.25, 0.3) is 0 Å². The quantitative estimate of drug-likeness (QED) is 0.619. The van der Waals surface area contributed by atoms with Crippen LogP contribution in [0.3, 0.4) is 0 Å². The minimum Gasteiger partial charge on any atom is -0.271 e. The fraction of sp³-hybridized carbons (Fsp3) is 0.231. The van der Waals surface area contributed by atoms with Crippen molar-refractivity contribution in [3.05, 3.63) is 59.2 Å². The van der Waals surface area contributed by atoms with Crippen molar-refractivity contribution in [3.8, 4) is 0 Å². The van der Waals surface area contributed by atoms with Gasteiger partial charge in [0.15, 0.2) is 0 Å². The lowest BCUT2D eigenvalue weighted by Crippen LogP contribution is -2.29. The third-order valence-corrected chi connectivity index (χ3v) is 2.70. The molecule has 0 atom stereocenters. The van der Waals surface area contributed by atoms with Crippen molar-refractivity contribution in [2.24, 2.45) is 5.84 Å². The monoisotopic (exact) mass is 228 g/mol. The Morgan fingerprint density at radius 2 is 1.41 bits per heavy atom. The maximum atomic E-state index is 5.61. The number of aryl methyl sites for hydroxylation is 2. The molecule has 2 aromatic rings. The van der Waals surface area contributed by atoms with E-state index in [2.05, 4.69) is 15.4 Å². The van der Waals surface area contributed by atoms with Gasteiger partial charge < -0.3 is 0 Å². The average molecular weight is 228 g/mol. The largest absolute Gasteiger partial charge is 0.271 e. The van der Waals surface area contributed by atoms with Crippen molar-refractivity contribution in [2.75, 3.05) is 0 Å². The lowest BCUT2D eigenvalue weighted by Gasteiger charge is -2.16. The molecule has 2 heterocycles. The first-order chi connectivity index (χ1) is 8.20. The predicted molar refractivity (Wildman–Crippen MR) is 67.1 cm³/mol. The van der Waals surface area contributed by atoms with Gasteiger partial charge in [-0.15, -0.1) is 0 Å². The molecular formula is C13H16N4. The highest BCUT2D eigenvalue weighted by Crippen LogP contribution is 2.20. The zero-order valence-electron chi connectivity index (χ0n) is 10.0. The maximum Gasteiger partial charge on any atom is 0.0739 e. The second-order valence-corrected chi connectivity index (χ2v) is 4.07. The number of aromatic nitrogens is 2. The van der Waals surface area contributed by atoms with Crippen molar-refractivity contribution < 1.29 is 0 Å². The molecule has 0 fully saturated rings. The van der Waals surface area contributed by atoms with Crippen molar-refractivity contribution in [1.29, 1.82) is 0 Å². The molecule has 4 heteroatoms. The number of rotatable bonds is 3. The summed E-state index contributed by atoms with van der Waals surface area (Å²) in [6.07, 6.45) is 3.67. The Kier molecular flexibility index (Phi) is 3.46. The molecule has 0 bridgehead atoms. The van der Waals surface area contributed by atoms with Gasteiger partial charge in [0, 0.05) is 23.8 Å². The molecule has 4 nitrogen and oxygen atoms in total. The van der Waals surface area contributed by atoms with Crippen LogP contribution in [0.4, 0.5) is 0 Å². The molecule has 0 aliphatic carbocycles. The summed E-state index contributed by atoms with van der Waals surface area (Å²) in [6.45, 7) is 3.92. The second kappa shape index (κ2) is 5.03. The molecule has 17 heavy (non-hydrogen) atoms. The smallest absolute Gasteiger partial charge is 0.0739 e. The van der Waals surface area contributed by atoms with Gasteiger partial charge in [-0.05, 0) is 37.1 Å². The molecular weight excluding hydrogens is 212 g/mol. The summed E-state index contributed by atoms with van der Waals surface area (Å²) in [5, 5.41) is 0. The van der Waals surface area contributed by atoms with E-state index >= 15 is 0 Å². The van der Waals surface area contributed by atoms with E-state index in [1.165, 1.54) is 0 Å². The first-order valence-electron chi connectivity index (χ1n) is 5.52. The van der Waals surface area contributed by atoms with E-state index in [4.69, 9.17) is 5.84 Å². The van der Waals surface area contributed by atoms with Gasteiger partial charge in [-0.3, -0.25) is 15.8 Å². The van der Waals surface area contributed by atoms with E-state index < -0.39 is 0 Å². The number of nitrogens with zero attached hydrogens (tertiary/aromatic N) is 2. The van der Waals surface area contributed by atoms with Crippen LogP contribution < -0.4 is 11.3 Å². The lowest BCUT2D eigenvalue weighted by molar-refractivity contribution is 0.631. The van der Waals surface area contributed by atoms with Crippen LogP contribution in [0.25, 0.3) is 0 Å². The van der Waals surface area contributed by atoms with Gasteiger partial charge in [0.1, 0.15) is 0 Å². The minimum absolute atomic E-state index is 0.0730. The van der Waals surface area contributed by atoms with E-state index in [0.29, 0.717) is 0 Å². The Bertz CT molecular complexity index is 430. The second-order valence-electron chi connectivity index (χ2n) is 4.07. The van der Waals surface area contributed by atoms with Crippen LogP contribution in [0.5, 0.6) is 0 Å². The molecule has 0 aliphatic heterocycles. The third-order valence-electron chi connectivity index (χ3n) is 2.70. The van der Waals surface area contributed by atoms with Crippen LogP contribution in [0.15, 0.2) is 36.7 Å². The van der Waals surface area contributed by atoms with E-state index in [-0.39, 0.29) is 6.04 Å². The summed E-state index contributed by atoms with van der Waals surface area (Å²) in [4.78, 5) is 8.55. The number of hydrogen-bond donors (Lipinski definition) is 2. The van der Waals surface area contributed by atoms with Crippen LogP contribution >= 0.6 is 0 Å². The predicted octanol–water partition coefficient (Wildman–Crippen LogP) is 1.65. The highest BCUT2D eigenvalue weighted by molar-refractivity contribution is 5.29. The van der Waals surface area contributed by atoms with Crippen molar-refractivity contribution >= 4 is 0 Å². The van der Waals surface area contributed by atoms with Crippen LogP contribution in [-0.4, -0.2) is 9.97 Å². The molecule has 2 rings (SSSR count). The molecule has 0 radical (unpaired) electrons. The number of nitrogens with two attached hydrogens (primary N) is 1. The molecule has 0 aromatic carbocycles. The minimum atomic E-state index is -0.0730. The average Bonchev–Trinajstić information content (AvgIpc) is 2.35. The Hall–Kier alpha value is -1.78. The topological polar surface area (TPSA) is 63.8 Å². The van der Waals surface area contributed by atoms with Gasteiger partial charge in [0.05, 0.1) is 6.04 Å². The van der Waals surface area contributed by atoms with Crippen molar-refractivity contribution in [1.82, 2.24) is 15.4 Å². The highest BCUT2D eigenvalue weighted by atomic mass is 15.2.